The van der Waals surface area contributed by atoms with Crippen molar-refractivity contribution in [1.82, 2.24) is 4.90 Å². The maximum absolute atomic E-state index is 13.6. The van der Waals surface area contributed by atoms with Crippen molar-refractivity contribution in [2.24, 2.45) is 0 Å². The second-order valence-corrected chi connectivity index (χ2v) is 3.97. The van der Waals surface area contributed by atoms with E-state index in [1.54, 1.807) is 0 Å². The topological polar surface area (TPSA) is 66.8 Å². The molecule has 1 aromatic carbocycles. The van der Waals surface area contributed by atoms with Crippen LogP contribution in [0.1, 0.15) is 23.7 Å². The van der Waals surface area contributed by atoms with Crippen LogP contribution in [0, 0.1) is 5.82 Å². The fraction of sp³-hybridized carbons (Fsp3) is 0.385. The summed E-state index contributed by atoms with van der Waals surface area (Å²) in [4.78, 5) is 24.5. The van der Waals surface area contributed by atoms with E-state index in [2.05, 4.69) is 4.74 Å². The van der Waals surface area contributed by atoms with Gasteiger partial charge in [-0.1, -0.05) is 6.92 Å². The Balaban J connectivity index is 2.95. The molecule has 1 rings (SSSR count). The van der Waals surface area contributed by atoms with Crippen molar-refractivity contribution in [1.29, 1.82) is 0 Å². The van der Waals surface area contributed by atoms with Gasteiger partial charge in [0, 0.05) is 12.6 Å². The molecule has 104 valence electrons. The van der Waals surface area contributed by atoms with Crippen LogP contribution in [0.15, 0.2) is 18.2 Å². The molecule has 5 nitrogen and oxygen atoms in total. The summed E-state index contributed by atoms with van der Waals surface area (Å²) in [5.74, 6) is -2.26. The zero-order chi connectivity index (χ0) is 14.4. The highest BCUT2D eigenvalue weighted by molar-refractivity contribution is 5.96. The highest BCUT2D eigenvalue weighted by Crippen LogP contribution is 2.17. The standard InChI is InChI=1S/C13H16FNO4/c1-3-6-15(8-12(17)19-2)13(18)10-5-4-9(16)7-11(10)14/h4-5,7,16H,3,6,8H2,1-2H3. The number of phenols is 1. The number of methoxy groups -OCH3 is 1. The third-order valence-corrected chi connectivity index (χ3v) is 2.51. The maximum Gasteiger partial charge on any atom is 0.325 e. The molecule has 0 atom stereocenters. The van der Waals surface area contributed by atoms with Gasteiger partial charge in [-0.3, -0.25) is 9.59 Å². The van der Waals surface area contributed by atoms with E-state index in [1.807, 2.05) is 6.92 Å². The number of aromatic hydroxyl groups is 1. The number of hydrogen-bond acceptors (Lipinski definition) is 4. The molecule has 0 saturated heterocycles. The van der Waals surface area contributed by atoms with Crippen molar-refractivity contribution in [2.75, 3.05) is 20.2 Å². The number of rotatable bonds is 5. The number of carbonyl (C=O) groups excluding carboxylic acids is 2. The van der Waals surface area contributed by atoms with E-state index in [9.17, 15) is 14.0 Å². The molecule has 0 aliphatic carbocycles. The smallest absolute Gasteiger partial charge is 0.325 e. The van der Waals surface area contributed by atoms with Gasteiger partial charge < -0.3 is 14.7 Å². The summed E-state index contributed by atoms with van der Waals surface area (Å²) in [6.45, 7) is 1.92. The van der Waals surface area contributed by atoms with E-state index >= 15 is 0 Å². The van der Waals surface area contributed by atoms with E-state index in [0.29, 0.717) is 13.0 Å². The number of hydrogen-bond donors (Lipinski definition) is 1. The van der Waals surface area contributed by atoms with Crippen molar-refractivity contribution in [3.8, 4) is 5.75 Å². The van der Waals surface area contributed by atoms with Crippen LogP contribution in [0.5, 0.6) is 5.75 Å². The Kier molecular flexibility index (Phi) is 5.29. The van der Waals surface area contributed by atoms with Gasteiger partial charge >= 0.3 is 5.97 Å². The summed E-state index contributed by atoms with van der Waals surface area (Å²) in [5.41, 5.74) is -0.185. The summed E-state index contributed by atoms with van der Waals surface area (Å²) in [6.07, 6.45) is 0.627. The van der Waals surface area contributed by atoms with Gasteiger partial charge in [-0.25, -0.2) is 4.39 Å². The van der Waals surface area contributed by atoms with Gasteiger partial charge in [0.05, 0.1) is 12.7 Å². The van der Waals surface area contributed by atoms with Gasteiger partial charge in [-0.05, 0) is 18.6 Å². The summed E-state index contributed by atoms with van der Waals surface area (Å²) >= 11 is 0. The van der Waals surface area contributed by atoms with Gasteiger partial charge in [-0.2, -0.15) is 0 Å². The number of esters is 1. The Bertz CT molecular complexity index is 476. The van der Waals surface area contributed by atoms with E-state index in [-0.39, 0.29) is 17.9 Å². The van der Waals surface area contributed by atoms with Crippen LogP contribution in [-0.2, 0) is 9.53 Å². The molecule has 1 N–H and O–H groups in total. The Labute approximate surface area is 110 Å². The number of amides is 1. The number of carbonyl (C=O) groups is 2. The van der Waals surface area contributed by atoms with E-state index in [4.69, 9.17) is 5.11 Å². The average Bonchev–Trinajstić information content (AvgIpc) is 2.37. The molecule has 0 radical (unpaired) electrons. The molecule has 0 heterocycles. The largest absolute Gasteiger partial charge is 0.508 e. The van der Waals surface area contributed by atoms with Crippen LogP contribution in [0.4, 0.5) is 4.39 Å². The highest BCUT2D eigenvalue weighted by atomic mass is 19.1. The lowest BCUT2D eigenvalue weighted by Gasteiger charge is -2.21. The maximum atomic E-state index is 13.6. The SMILES string of the molecule is CCCN(CC(=O)OC)C(=O)c1ccc(O)cc1F. The van der Waals surface area contributed by atoms with Crippen LogP contribution in [0.25, 0.3) is 0 Å². The first-order valence-corrected chi connectivity index (χ1v) is 5.84. The first-order valence-electron chi connectivity index (χ1n) is 5.84. The van der Waals surface area contributed by atoms with Crippen LogP contribution in [-0.4, -0.2) is 42.1 Å². The molecule has 1 aromatic rings. The molecule has 0 aliphatic rings. The molecule has 0 spiro atoms. The predicted molar refractivity (Wildman–Crippen MR) is 66.3 cm³/mol. The van der Waals surface area contributed by atoms with Crippen molar-refractivity contribution < 1.29 is 23.8 Å². The normalized spacial score (nSPS) is 10.1. The third-order valence-electron chi connectivity index (χ3n) is 2.51. The molecular weight excluding hydrogens is 253 g/mol. The van der Waals surface area contributed by atoms with Gasteiger partial charge in [-0.15, -0.1) is 0 Å². The Morgan fingerprint density at radius 1 is 1.42 bits per heavy atom. The Morgan fingerprint density at radius 2 is 2.11 bits per heavy atom. The van der Waals surface area contributed by atoms with E-state index in [0.717, 1.165) is 6.07 Å². The van der Waals surface area contributed by atoms with E-state index < -0.39 is 17.7 Å². The summed E-state index contributed by atoms with van der Waals surface area (Å²) < 4.78 is 18.1. The van der Waals surface area contributed by atoms with Crippen molar-refractivity contribution in [3.05, 3.63) is 29.6 Å². The minimum atomic E-state index is -0.823. The lowest BCUT2D eigenvalue weighted by Crippen LogP contribution is -2.37. The van der Waals surface area contributed by atoms with Crippen LogP contribution < -0.4 is 0 Å². The summed E-state index contributed by atoms with van der Waals surface area (Å²) in [6, 6.07) is 3.26. The first-order chi connectivity index (χ1) is 8.99. The molecule has 0 bridgehead atoms. The molecule has 19 heavy (non-hydrogen) atoms. The zero-order valence-electron chi connectivity index (χ0n) is 10.9. The average molecular weight is 269 g/mol. The summed E-state index contributed by atoms with van der Waals surface area (Å²) in [7, 11) is 1.22. The number of halogens is 1. The molecule has 0 unspecified atom stereocenters. The minimum Gasteiger partial charge on any atom is -0.508 e. The molecule has 6 heteroatoms. The van der Waals surface area contributed by atoms with Crippen molar-refractivity contribution in [2.45, 2.75) is 13.3 Å². The fourth-order valence-electron chi connectivity index (χ4n) is 1.59. The number of nitrogens with zero attached hydrogens (tertiary/aromatic N) is 1. The highest BCUT2D eigenvalue weighted by Gasteiger charge is 2.21. The van der Waals surface area contributed by atoms with Gasteiger partial charge in [0.2, 0.25) is 0 Å². The predicted octanol–water partition coefficient (Wildman–Crippen LogP) is 1.56. The lowest BCUT2D eigenvalue weighted by atomic mass is 10.1. The molecular formula is C13H16FNO4. The van der Waals surface area contributed by atoms with Crippen LogP contribution in [0.3, 0.4) is 0 Å². The molecule has 0 aliphatic heterocycles. The second kappa shape index (κ2) is 6.72. The second-order valence-electron chi connectivity index (χ2n) is 3.97. The van der Waals surface area contributed by atoms with Crippen molar-refractivity contribution in [3.63, 3.8) is 0 Å². The number of ether oxygens (including phenoxy) is 1. The first kappa shape index (κ1) is 14.9. The molecule has 0 saturated carbocycles. The zero-order valence-corrected chi connectivity index (χ0v) is 10.9. The quantitative estimate of drug-likeness (QED) is 0.824. The Morgan fingerprint density at radius 3 is 2.63 bits per heavy atom. The van der Waals surface area contributed by atoms with Gasteiger partial charge in [0.25, 0.3) is 5.91 Å². The molecule has 1 amide bonds. The summed E-state index contributed by atoms with van der Waals surface area (Å²) in [5, 5.41) is 9.11. The van der Waals surface area contributed by atoms with Gasteiger partial charge in [0.1, 0.15) is 18.1 Å². The Hall–Kier alpha value is -2.11. The van der Waals surface area contributed by atoms with Crippen molar-refractivity contribution >= 4 is 11.9 Å². The van der Waals surface area contributed by atoms with Gasteiger partial charge in [0.15, 0.2) is 0 Å². The lowest BCUT2D eigenvalue weighted by molar-refractivity contribution is -0.141. The minimum absolute atomic E-state index is 0.185. The van der Waals surface area contributed by atoms with Crippen LogP contribution in [0.2, 0.25) is 0 Å². The number of phenolic OH excluding ortho intramolecular Hbond substituents is 1. The molecule has 0 fully saturated rings. The monoisotopic (exact) mass is 269 g/mol. The van der Waals surface area contributed by atoms with E-state index in [1.165, 1.54) is 24.1 Å². The molecule has 0 aromatic heterocycles. The fourth-order valence-corrected chi connectivity index (χ4v) is 1.59. The van der Waals surface area contributed by atoms with Crippen LogP contribution >= 0.6 is 0 Å². The number of benzene rings is 1. The third kappa shape index (κ3) is 3.94.